The minimum Gasteiger partial charge on any atom is -0.411 e. The van der Waals surface area contributed by atoms with Gasteiger partial charge in [0.25, 0.3) is 5.22 Å². The fourth-order valence-electron chi connectivity index (χ4n) is 2.04. The predicted molar refractivity (Wildman–Crippen MR) is 93.7 cm³/mol. The normalized spacial score (nSPS) is 10.7. The van der Waals surface area contributed by atoms with E-state index in [1.807, 2.05) is 43.3 Å². The molecule has 0 aliphatic carbocycles. The summed E-state index contributed by atoms with van der Waals surface area (Å²) in [7, 11) is 0. The average molecular weight is 389 g/mol. The number of aryl methyl sites for hydroxylation is 1. The van der Waals surface area contributed by atoms with Crippen molar-refractivity contribution in [1.82, 2.24) is 10.2 Å². The van der Waals surface area contributed by atoms with Gasteiger partial charge < -0.3 is 4.42 Å². The Labute approximate surface area is 146 Å². The number of aromatic nitrogens is 2. The topological polar surface area (TPSA) is 56.0 Å². The molecule has 0 radical (unpaired) electrons. The Morgan fingerprint density at radius 1 is 1.17 bits per heavy atom. The Morgan fingerprint density at radius 3 is 2.78 bits per heavy atom. The molecule has 116 valence electrons. The Morgan fingerprint density at radius 2 is 2.00 bits per heavy atom. The number of thioether (sulfide) groups is 1. The van der Waals surface area contributed by atoms with Crippen LogP contribution in [0.4, 0.5) is 0 Å². The fourth-order valence-corrected chi connectivity index (χ4v) is 3.09. The van der Waals surface area contributed by atoms with Crippen molar-refractivity contribution in [1.29, 1.82) is 0 Å². The first-order valence-electron chi connectivity index (χ1n) is 6.94. The highest BCUT2D eigenvalue weighted by molar-refractivity contribution is 9.10. The number of benzene rings is 2. The summed E-state index contributed by atoms with van der Waals surface area (Å²) in [6, 6.07) is 15.2. The lowest BCUT2D eigenvalue weighted by Gasteiger charge is -1.99. The highest BCUT2D eigenvalue weighted by atomic mass is 79.9. The van der Waals surface area contributed by atoms with Gasteiger partial charge in [0.1, 0.15) is 0 Å². The molecule has 23 heavy (non-hydrogen) atoms. The molecular formula is C17H13BrN2O2S. The first kappa shape index (κ1) is 16.0. The smallest absolute Gasteiger partial charge is 0.277 e. The van der Waals surface area contributed by atoms with Crippen LogP contribution >= 0.6 is 27.7 Å². The molecule has 0 atom stereocenters. The molecule has 0 saturated heterocycles. The van der Waals surface area contributed by atoms with Gasteiger partial charge in [0, 0.05) is 15.6 Å². The zero-order chi connectivity index (χ0) is 16.2. The maximum absolute atomic E-state index is 12.2. The molecule has 1 aromatic heterocycles. The number of hydrogen-bond donors (Lipinski definition) is 0. The predicted octanol–water partition coefficient (Wildman–Crippen LogP) is 4.78. The van der Waals surface area contributed by atoms with Crippen LogP contribution in [0.1, 0.15) is 15.9 Å². The van der Waals surface area contributed by atoms with Crippen LogP contribution in [0.2, 0.25) is 0 Å². The van der Waals surface area contributed by atoms with E-state index >= 15 is 0 Å². The van der Waals surface area contributed by atoms with Gasteiger partial charge in [0.15, 0.2) is 5.78 Å². The molecule has 0 saturated carbocycles. The molecule has 0 aliphatic heterocycles. The second kappa shape index (κ2) is 7.10. The zero-order valence-electron chi connectivity index (χ0n) is 12.3. The molecule has 0 amide bonds. The molecule has 3 rings (SSSR count). The van der Waals surface area contributed by atoms with E-state index in [0.29, 0.717) is 16.7 Å². The van der Waals surface area contributed by atoms with Crippen molar-refractivity contribution in [3.05, 3.63) is 64.1 Å². The SMILES string of the molecule is Cc1cccc(-c2nnc(SCC(=O)c3cccc(Br)c3)o2)c1. The van der Waals surface area contributed by atoms with Gasteiger partial charge >= 0.3 is 0 Å². The summed E-state index contributed by atoms with van der Waals surface area (Å²) in [5, 5.41) is 8.42. The van der Waals surface area contributed by atoms with E-state index in [1.54, 1.807) is 12.1 Å². The second-order valence-electron chi connectivity index (χ2n) is 4.96. The number of carbonyl (C=O) groups excluding carboxylic acids is 1. The van der Waals surface area contributed by atoms with Crippen molar-refractivity contribution in [3.63, 3.8) is 0 Å². The van der Waals surface area contributed by atoms with E-state index in [0.717, 1.165) is 15.6 Å². The summed E-state index contributed by atoms with van der Waals surface area (Å²) >= 11 is 4.61. The number of hydrogen-bond acceptors (Lipinski definition) is 5. The van der Waals surface area contributed by atoms with Crippen molar-refractivity contribution in [2.45, 2.75) is 12.1 Å². The molecule has 1 heterocycles. The molecular weight excluding hydrogens is 376 g/mol. The van der Waals surface area contributed by atoms with E-state index in [-0.39, 0.29) is 11.5 Å². The molecule has 0 spiro atoms. The summed E-state index contributed by atoms with van der Waals surface area (Å²) in [4.78, 5) is 12.2. The quantitative estimate of drug-likeness (QED) is 0.464. The zero-order valence-corrected chi connectivity index (χ0v) is 14.7. The summed E-state index contributed by atoms with van der Waals surface area (Å²) in [5.41, 5.74) is 2.66. The largest absolute Gasteiger partial charge is 0.411 e. The minimum atomic E-state index is 0.0200. The maximum Gasteiger partial charge on any atom is 0.277 e. The molecule has 0 N–H and O–H groups in total. The molecule has 0 aliphatic rings. The van der Waals surface area contributed by atoms with Crippen molar-refractivity contribution >= 4 is 33.5 Å². The lowest BCUT2D eigenvalue weighted by molar-refractivity contribution is 0.102. The van der Waals surface area contributed by atoms with E-state index in [2.05, 4.69) is 26.1 Å². The van der Waals surface area contributed by atoms with Gasteiger partial charge in [-0.05, 0) is 31.2 Å². The Hall–Kier alpha value is -1.92. The van der Waals surface area contributed by atoms with Crippen molar-refractivity contribution in [2.24, 2.45) is 0 Å². The third kappa shape index (κ3) is 4.09. The van der Waals surface area contributed by atoms with Crippen LogP contribution in [-0.4, -0.2) is 21.7 Å². The summed E-state index contributed by atoms with van der Waals surface area (Å²) < 4.78 is 6.50. The average Bonchev–Trinajstić information content (AvgIpc) is 3.01. The van der Waals surface area contributed by atoms with Crippen molar-refractivity contribution in [2.75, 3.05) is 5.75 Å². The van der Waals surface area contributed by atoms with Crippen LogP contribution in [0.15, 0.2) is 62.6 Å². The van der Waals surface area contributed by atoms with Gasteiger partial charge in [-0.15, -0.1) is 10.2 Å². The molecule has 3 aromatic rings. The van der Waals surface area contributed by atoms with E-state index < -0.39 is 0 Å². The lowest BCUT2D eigenvalue weighted by atomic mass is 10.1. The van der Waals surface area contributed by atoms with Crippen molar-refractivity contribution < 1.29 is 9.21 Å². The first-order chi connectivity index (χ1) is 11.1. The van der Waals surface area contributed by atoms with Gasteiger partial charge in [0.05, 0.1) is 5.75 Å². The Balaban J connectivity index is 1.67. The minimum absolute atomic E-state index is 0.0200. The van der Waals surface area contributed by atoms with Crippen molar-refractivity contribution in [3.8, 4) is 11.5 Å². The third-order valence-corrected chi connectivity index (χ3v) is 4.46. The second-order valence-corrected chi connectivity index (χ2v) is 6.81. The van der Waals surface area contributed by atoms with Crippen LogP contribution in [0.3, 0.4) is 0 Å². The molecule has 6 heteroatoms. The van der Waals surface area contributed by atoms with Gasteiger partial charge in [-0.3, -0.25) is 4.79 Å². The van der Waals surface area contributed by atoms with E-state index in [9.17, 15) is 4.79 Å². The van der Waals surface area contributed by atoms with E-state index in [4.69, 9.17) is 4.42 Å². The molecule has 0 bridgehead atoms. The molecule has 0 fully saturated rings. The number of ketones is 1. The standard InChI is InChI=1S/C17H13BrN2O2S/c1-11-4-2-6-13(8-11)16-19-20-17(22-16)23-10-15(21)12-5-3-7-14(18)9-12/h2-9H,10H2,1H3. The fraction of sp³-hybridized carbons (Fsp3) is 0.118. The molecule has 2 aromatic carbocycles. The highest BCUT2D eigenvalue weighted by Gasteiger charge is 2.12. The van der Waals surface area contributed by atoms with Crippen LogP contribution < -0.4 is 0 Å². The summed E-state index contributed by atoms with van der Waals surface area (Å²) in [5.74, 6) is 0.740. The Kier molecular flexibility index (Phi) is 4.93. The monoisotopic (exact) mass is 388 g/mol. The van der Waals surface area contributed by atoms with Gasteiger partial charge in [-0.25, -0.2) is 0 Å². The Bertz CT molecular complexity index is 848. The van der Waals surface area contributed by atoms with Crippen LogP contribution in [0, 0.1) is 6.92 Å². The number of halogens is 1. The lowest BCUT2D eigenvalue weighted by Crippen LogP contribution is -2.02. The molecule has 0 unspecified atom stereocenters. The maximum atomic E-state index is 12.2. The highest BCUT2D eigenvalue weighted by Crippen LogP contribution is 2.24. The van der Waals surface area contributed by atoms with Gasteiger partial charge in [-0.2, -0.15) is 0 Å². The summed E-state index contributed by atoms with van der Waals surface area (Å²) in [6.07, 6.45) is 0. The number of rotatable bonds is 5. The van der Waals surface area contributed by atoms with Crippen LogP contribution in [0.5, 0.6) is 0 Å². The van der Waals surface area contributed by atoms with Crippen LogP contribution in [-0.2, 0) is 0 Å². The van der Waals surface area contributed by atoms with Crippen LogP contribution in [0.25, 0.3) is 11.5 Å². The number of Topliss-reactive ketones (excluding diaryl/α,β-unsaturated/α-hetero) is 1. The van der Waals surface area contributed by atoms with Gasteiger partial charge in [0.2, 0.25) is 5.89 Å². The van der Waals surface area contributed by atoms with Gasteiger partial charge in [-0.1, -0.05) is 57.5 Å². The number of carbonyl (C=O) groups is 1. The number of nitrogens with zero attached hydrogens (tertiary/aromatic N) is 2. The molecule has 4 nitrogen and oxygen atoms in total. The van der Waals surface area contributed by atoms with E-state index in [1.165, 1.54) is 11.8 Å². The summed E-state index contributed by atoms with van der Waals surface area (Å²) in [6.45, 7) is 2.01. The first-order valence-corrected chi connectivity index (χ1v) is 8.72. The third-order valence-electron chi connectivity index (χ3n) is 3.14.